The monoisotopic (exact) mass is 253 g/mol. The summed E-state index contributed by atoms with van der Waals surface area (Å²) in [4.78, 5) is 12.2. The molecule has 9 nitrogen and oxygen atoms in total. The van der Waals surface area contributed by atoms with Crippen molar-refractivity contribution in [1.82, 2.24) is 45.5 Å². The summed E-state index contributed by atoms with van der Waals surface area (Å²) < 4.78 is 0. The van der Waals surface area contributed by atoms with Gasteiger partial charge in [-0.15, -0.1) is 25.5 Å². The molecular weight excluding hydrogens is 246 g/mol. The molecule has 0 radical (unpaired) electrons. The topological polar surface area (TPSA) is 116 Å². The molecule has 3 aromatic heterocycles. The van der Waals surface area contributed by atoms with Gasteiger partial charge in [-0.05, 0) is 6.92 Å². The van der Waals surface area contributed by atoms with Gasteiger partial charge in [-0.3, -0.25) is 0 Å². The predicted octanol–water partition coefficient (Wildman–Crippen LogP) is -0.116. The lowest BCUT2D eigenvalue weighted by molar-refractivity contribution is 0.891. The minimum absolute atomic E-state index is 0.367. The molecule has 3 aromatic rings. The molecule has 0 atom stereocenters. The molecular formula is C10H7N9. The Kier molecular flexibility index (Phi) is 2.77. The summed E-state index contributed by atoms with van der Waals surface area (Å²) in [5.74, 6) is 0.958. The zero-order valence-electron chi connectivity index (χ0n) is 9.83. The number of hydrogen-bond acceptors (Lipinski definition) is 9. The quantitative estimate of drug-likeness (QED) is 0.616. The van der Waals surface area contributed by atoms with Crippen molar-refractivity contribution in [3.8, 4) is 22.9 Å². The Hall–Kier alpha value is -2.97. The average Bonchev–Trinajstić information content (AvgIpc) is 2.49. The van der Waals surface area contributed by atoms with E-state index >= 15 is 0 Å². The highest BCUT2D eigenvalue weighted by Crippen LogP contribution is 2.12. The SMILES string of the molecule is Cc1ncc(-c2cnc(-c3cnncn3)nn2)nn1. The minimum atomic E-state index is 0.367. The molecule has 0 aliphatic carbocycles. The number of nitrogens with zero attached hydrogens (tertiary/aromatic N) is 9. The summed E-state index contributed by atoms with van der Waals surface area (Å²) in [6, 6.07) is 0. The fourth-order valence-electron chi connectivity index (χ4n) is 1.31. The van der Waals surface area contributed by atoms with Gasteiger partial charge < -0.3 is 0 Å². The van der Waals surface area contributed by atoms with Crippen LogP contribution in [0.5, 0.6) is 0 Å². The molecule has 3 heterocycles. The van der Waals surface area contributed by atoms with Crippen molar-refractivity contribution in [2.75, 3.05) is 0 Å². The first-order valence-electron chi connectivity index (χ1n) is 5.32. The second-order valence-electron chi connectivity index (χ2n) is 3.55. The van der Waals surface area contributed by atoms with E-state index in [4.69, 9.17) is 0 Å². The Morgan fingerprint density at radius 1 is 0.684 bits per heavy atom. The lowest BCUT2D eigenvalue weighted by Crippen LogP contribution is -2.00. The maximum Gasteiger partial charge on any atom is 0.202 e. The molecule has 0 aromatic carbocycles. The third-order valence-electron chi connectivity index (χ3n) is 2.22. The summed E-state index contributed by atoms with van der Waals surface area (Å²) in [7, 11) is 0. The van der Waals surface area contributed by atoms with Crippen LogP contribution in [0.4, 0.5) is 0 Å². The molecule has 0 N–H and O–H groups in total. The molecule has 0 fully saturated rings. The fraction of sp³-hybridized carbons (Fsp3) is 0.100. The highest BCUT2D eigenvalue weighted by molar-refractivity contribution is 5.52. The van der Waals surface area contributed by atoms with E-state index in [1.54, 1.807) is 13.1 Å². The lowest BCUT2D eigenvalue weighted by Gasteiger charge is -1.99. The standard InChI is InChI=1S/C10H7N9/c1-6-11-2-7(17-16-6)8-3-12-10(19-18-8)9-4-14-15-5-13-9/h2-5H,1H3. The van der Waals surface area contributed by atoms with Crippen LogP contribution in [0.15, 0.2) is 24.9 Å². The number of aryl methyl sites for hydroxylation is 1. The second-order valence-corrected chi connectivity index (χ2v) is 3.55. The van der Waals surface area contributed by atoms with Crippen molar-refractivity contribution >= 4 is 0 Å². The highest BCUT2D eigenvalue weighted by Gasteiger charge is 2.07. The molecule has 92 valence electrons. The van der Waals surface area contributed by atoms with Gasteiger partial charge >= 0.3 is 0 Å². The first-order valence-corrected chi connectivity index (χ1v) is 5.32. The average molecular weight is 253 g/mol. The molecule has 0 aliphatic heterocycles. The van der Waals surface area contributed by atoms with Gasteiger partial charge in [0.1, 0.15) is 29.2 Å². The molecule has 0 saturated carbocycles. The van der Waals surface area contributed by atoms with E-state index < -0.39 is 0 Å². The van der Waals surface area contributed by atoms with Crippen LogP contribution in [-0.4, -0.2) is 45.5 Å². The highest BCUT2D eigenvalue weighted by atomic mass is 15.2. The van der Waals surface area contributed by atoms with Crippen molar-refractivity contribution in [2.24, 2.45) is 0 Å². The summed E-state index contributed by atoms with van der Waals surface area (Å²) >= 11 is 0. The third-order valence-corrected chi connectivity index (χ3v) is 2.22. The first-order chi connectivity index (χ1) is 9.33. The van der Waals surface area contributed by atoms with E-state index in [-0.39, 0.29) is 0 Å². The van der Waals surface area contributed by atoms with Gasteiger partial charge in [0.25, 0.3) is 0 Å². The number of aromatic nitrogens is 9. The fourth-order valence-corrected chi connectivity index (χ4v) is 1.31. The molecule has 0 unspecified atom stereocenters. The van der Waals surface area contributed by atoms with Gasteiger partial charge in [-0.2, -0.15) is 5.10 Å². The molecule has 0 saturated heterocycles. The maximum absolute atomic E-state index is 4.15. The van der Waals surface area contributed by atoms with Crippen molar-refractivity contribution in [3.63, 3.8) is 0 Å². The zero-order valence-corrected chi connectivity index (χ0v) is 9.83. The molecule has 9 heteroatoms. The van der Waals surface area contributed by atoms with Gasteiger partial charge in [-0.1, -0.05) is 0 Å². The predicted molar refractivity (Wildman–Crippen MR) is 62.2 cm³/mol. The van der Waals surface area contributed by atoms with E-state index in [2.05, 4.69) is 45.5 Å². The van der Waals surface area contributed by atoms with Crippen LogP contribution in [0.2, 0.25) is 0 Å². The smallest absolute Gasteiger partial charge is 0.202 e. The first kappa shape index (κ1) is 11.1. The molecule has 0 amide bonds. The zero-order chi connectivity index (χ0) is 13.1. The third kappa shape index (κ3) is 2.34. The maximum atomic E-state index is 4.15. The van der Waals surface area contributed by atoms with Crippen molar-refractivity contribution < 1.29 is 0 Å². The van der Waals surface area contributed by atoms with Gasteiger partial charge in [0, 0.05) is 0 Å². The van der Waals surface area contributed by atoms with Crippen LogP contribution < -0.4 is 0 Å². The molecule has 0 spiro atoms. The van der Waals surface area contributed by atoms with Gasteiger partial charge in [0.05, 0.1) is 18.6 Å². The van der Waals surface area contributed by atoms with Crippen LogP contribution in [0.1, 0.15) is 5.82 Å². The van der Waals surface area contributed by atoms with Gasteiger partial charge in [-0.25, -0.2) is 15.0 Å². The van der Waals surface area contributed by atoms with E-state index in [1.165, 1.54) is 18.7 Å². The van der Waals surface area contributed by atoms with Crippen molar-refractivity contribution in [1.29, 1.82) is 0 Å². The summed E-state index contributed by atoms with van der Waals surface area (Å²) in [6.07, 6.45) is 5.89. The Labute approximate surface area is 107 Å². The largest absolute Gasteiger partial charge is 0.237 e. The molecule has 3 rings (SSSR count). The van der Waals surface area contributed by atoms with Gasteiger partial charge in [0.2, 0.25) is 5.82 Å². The second kappa shape index (κ2) is 4.72. The molecule has 19 heavy (non-hydrogen) atoms. The Bertz CT molecular complexity index is 666. The molecule has 0 bridgehead atoms. The van der Waals surface area contributed by atoms with Crippen LogP contribution >= 0.6 is 0 Å². The van der Waals surface area contributed by atoms with Crippen LogP contribution in [0.3, 0.4) is 0 Å². The summed E-state index contributed by atoms with van der Waals surface area (Å²) in [5, 5.41) is 23.1. The van der Waals surface area contributed by atoms with E-state index in [1.807, 2.05) is 0 Å². The van der Waals surface area contributed by atoms with E-state index in [9.17, 15) is 0 Å². The summed E-state index contributed by atoms with van der Waals surface area (Å²) in [5.41, 5.74) is 1.51. The Morgan fingerprint density at radius 2 is 1.47 bits per heavy atom. The van der Waals surface area contributed by atoms with Gasteiger partial charge in [0.15, 0.2) is 0 Å². The van der Waals surface area contributed by atoms with Crippen LogP contribution in [-0.2, 0) is 0 Å². The summed E-state index contributed by atoms with van der Waals surface area (Å²) in [6.45, 7) is 1.76. The normalized spacial score (nSPS) is 10.4. The molecule has 0 aliphatic rings. The van der Waals surface area contributed by atoms with Crippen LogP contribution in [0.25, 0.3) is 22.9 Å². The van der Waals surface area contributed by atoms with Crippen molar-refractivity contribution in [3.05, 3.63) is 30.7 Å². The van der Waals surface area contributed by atoms with Crippen LogP contribution in [0, 0.1) is 6.92 Å². The number of rotatable bonds is 2. The Balaban J connectivity index is 1.93. The van der Waals surface area contributed by atoms with E-state index in [0.717, 1.165) is 0 Å². The lowest BCUT2D eigenvalue weighted by atomic mass is 10.3. The minimum Gasteiger partial charge on any atom is -0.237 e. The Morgan fingerprint density at radius 3 is 2.05 bits per heavy atom. The number of hydrogen-bond donors (Lipinski definition) is 0. The van der Waals surface area contributed by atoms with E-state index in [0.29, 0.717) is 28.7 Å². The van der Waals surface area contributed by atoms with Crippen molar-refractivity contribution in [2.45, 2.75) is 6.92 Å².